The minimum Gasteiger partial charge on any atom is -0.345 e. The van der Waals surface area contributed by atoms with Crippen LogP contribution in [0, 0.1) is 5.92 Å². The van der Waals surface area contributed by atoms with Crippen molar-refractivity contribution in [2.45, 2.75) is 39.9 Å². The molecule has 0 aliphatic heterocycles. The summed E-state index contributed by atoms with van der Waals surface area (Å²) < 4.78 is 2.19. The first-order valence-electron chi connectivity index (χ1n) is 9.80. The van der Waals surface area contributed by atoms with Crippen LogP contribution in [0.25, 0.3) is 0 Å². The number of hydrogen-bond acceptors (Lipinski definition) is 1. The number of halogens is 2. The van der Waals surface area contributed by atoms with Gasteiger partial charge in [-0.2, -0.15) is 0 Å². The van der Waals surface area contributed by atoms with Crippen LogP contribution in [0.4, 0.5) is 0 Å². The van der Waals surface area contributed by atoms with Crippen LogP contribution >= 0.6 is 23.2 Å². The molecule has 1 heterocycles. The van der Waals surface area contributed by atoms with E-state index in [2.05, 4.69) is 49.7 Å². The zero-order chi connectivity index (χ0) is 21.0. The SMILES string of the molecule is CC(C)C(C)N(Cc1cccn1Cc1ccccc1)C(=O)c1ccc(Cl)c(Cl)c1. The Hall–Kier alpha value is -2.23. The molecule has 1 aromatic heterocycles. The molecule has 0 aliphatic carbocycles. The summed E-state index contributed by atoms with van der Waals surface area (Å²) >= 11 is 12.2. The second-order valence-corrected chi connectivity index (χ2v) is 8.47. The lowest BCUT2D eigenvalue weighted by molar-refractivity contribution is 0.0623. The molecular weight excluding hydrogens is 403 g/mol. The number of nitrogens with zero attached hydrogens (tertiary/aromatic N) is 2. The number of carbonyl (C=O) groups excluding carboxylic acids is 1. The van der Waals surface area contributed by atoms with E-state index in [0.717, 1.165) is 12.2 Å². The Bertz CT molecular complexity index is 966. The van der Waals surface area contributed by atoms with Gasteiger partial charge in [-0.1, -0.05) is 67.4 Å². The van der Waals surface area contributed by atoms with Crippen molar-refractivity contribution in [3.63, 3.8) is 0 Å². The van der Waals surface area contributed by atoms with E-state index in [4.69, 9.17) is 23.2 Å². The molecule has 0 spiro atoms. The van der Waals surface area contributed by atoms with Crippen LogP contribution in [0.1, 0.15) is 42.4 Å². The van der Waals surface area contributed by atoms with Gasteiger partial charge in [-0.15, -0.1) is 0 Å². The molecule has 0 aliphatic rings. The lowest BCUT2D eigenvalue weighted by Gasteiger charge is -2.32. The van der Waals surface area contributed by atoms with E-state index in [-0.39, 0.29) is 11.9 Å². The molecule has 152 valence electrons. The lowest BCUT2D eigenvalue weighted by Crippen LogP contribution is -2.41. The quantitative estimate of drug-likeness (QED) is 0.419. The summed E-state index contributed by atoms with van der Waals surface area (Å²) in [5.41, 5.74) is 2.87. The summed E-state index contributed by atoms with van der Waals surface area (Å²) in [5, 5.41) is 0.838. The largest absolute Gasteiger partial charge is 0.345 e. The Morgan fingerprint density at radius 1 is 0.966 bits per heavy atom. The number of aromatic nitrogens is 1. The summed E-state index contributed by atoms with van der Waals surface area (Å²) in [6.07, 6.45) is 2.06. The third-order valence-electron chi connectivity index (χ3n) is 5.34. The highest BCUT2D eigenvalue weighted by Crippen LogP contribution is 2.25. The summed E-state index contributed by atoms with van der Waals surface area (Å²) in [5.74, 6) is 0.275. The van der Waals surface area contributed by atoms with E-state index < -0.39 is 0 Å². The van der Waals surface area contributed by atoms with E-state index in [1.54, 1.807) is 18.2 Å². The van der Waals surface area contributed by atoms with Gasteiger partial charge in [-0.3, -0.25) is 4.79 Å². The molecule has 3 aromatic rings. The molecule has 5 heteroatoms. The molecule has 0 bridgehead atoms. The fraction of sp³-hybridized carbons (Fsp3) is 0.292. The molecule has 3 nitrogen and oxygen atoms in total. The number of benzene rings is 2. The molecule has 2 aromatic carbocycles. The van der Waals surface area contributed by atoms with Crippen LogP contribution < -0.4 is 0 Å². The molecule has 3 rings (SSSR count). The van der Waals surface area contributed by atoms with Gasteiger partial charge in [-0.05, 0) is 48.7 Å². The first kappa shape index (κ1) is 21.5. The second kappa shape index (κ2) is 9.51. The average molecular weight is 429 g/mol. The van der Waals surface area contributed by atoms with E-state index in [1.165, 1.54) is 5.56 Å². The van der Waals surface area contributed by atoms with Gasteiger partial charge in [0.2, 0.25) is 0 Å². The van der Waals surface area contributed by atoms with Gasteiger partial charge in [0.05, 0.1) is 16.6 Å². The van der Waals surface area contributed by atoms with Crippen LogP contribution in [0.5, 0.6) is 0 Å². The van der Waals surface area contributed by atoms with E-state index >= 15 is 0 Å². The number of amides is 1. The van der Waals surface area contributed by atoms with Crippen molar-refractivity contribution in [1.82, 2.24) is 9.47 Å². The zero-order valence-corrected chi connectivity index (χ0v) is 18.5. The Balaban J connectivity index is 1.88. The van der Waals surface area contributed by atoms with Gasteiger partial charge in [0, 0.05) is 30.0 Å². The fourth-order valence-electron chi connectivity index (χ4n) is 3.26. The van der Waals surface area contributed by atoms with Crippen molar-refractivity contribution in [2.75, 3.05) is 0 Å². The Morgan fingerprint density at radius 3 is 2.34 bits per heavy atom. The molecule has 0 saturated heterocycles. The summed E-state index contributed by atoms with van der Waals surface area (Å²) in [6.45, 7) is 7.64. The van der Waals surface area contributed by atoms with Gasteiger partial charge in [-0.25, -0.2) is 0 Å². The molecular formula is C24H26Cl2N2O. The first-order chi connectivity index (χ1) is 13.9. The fourth-order valence-corrected chi connectivity index (χ4v) is 3.56. The van der Waals surface area contributed by atoms with Crippen molar-refractivity contribution in [3.05, 3.63) is 93.7 Å². The van der Waals surface area contributed by atoms with Crippen LogP contribution in [-0.2, 0) is 13.1 Å². The van der Waals surface area contributed by atoms with E-state index in [9.17, 15) is 4.79 Å². The van der Waals surface area contributed by atoms with Crippen molar-refractivity contribution >= 4 is 29.1 Å². The number of carbonyl (C=O) groups is 1. The summed E-state index contributed by atoms with van der Waals surface area (Å²) in [7, 11) is 0. The van der Waals surface area contributed by atoms with Crippen LogP contribution in [0.3, 0.4) is 0 Å². The lowest BCUT2D eigenvalue weighted by atomic mass is 10.0. The Morgan fingerprint density at radius 2 is 1.69 bits per heavy atom. The average Bonchev–Trinajstić information content (AvgIpc) is 3.14. The maximum Gasteiger partial charge on any atom is 0.254 e. The number of hydrogen-bond donors (Lipinski definition) is 0. The molecule has 1 atom stereocenters. The topological polar surface area (TPSA) is 25.2 Å². The highest BCUT2D eigenvalue weighted by atomic mass is 35.5. The third kappa shape index (κ3) is 5.23. The molecule has 0 N–H and O–H groups in total. The molecule has 29 heavy (non-hydrogen) atoms. The van der Waals surface area contributed by atoms with Gasteiger partial charge in [0.1, 0.15) is 0 Å². The maximum absolute atomic E-state index is 13.4. The second-order valence-electron chi connectivity index (χ2n) is 7.66. The van der Waals surface area contributed by atoms with Crippen molar-refractivity contribution in [3.8, 4) is 0 Å². The first-order valence-corrected chi connectivity index (χ1v) is 10.6. The van der Waals surface area contributed by atoms with Gasteiger partial charge in [0.25, 0.3) is 5.91 Å². The number of rotatable bonds is 7. The van der Waals surface area contributed by atoms with Gasteiger partial charge < -0.3 is 9.47 Å². The minimum absolute atomic E-state index is 0.0442. The molecule has 1 unspecified atom stereocenters. The van der Waals surface area contributed by atoms with Crippen molar-refractivity contribution in [2.24, 2.45) is 5.92 Å². The monoisotopic (exact) mass is 428 g/mol. The van der Waals surface area contributed by atoms with Gasteiger partial charge in [0.15, 0.2) is 0 Å². The van der Waals surface area contributed by atoms with Crippen LogP contribution in [-0.4, -0.2) is 21.4 Å². The molecule has 0 radical (unpaired) electrons. The Labute approximate surface area is 182 Å². The van der Waals surface area contributed by atoms with Crippen LogP contribution in [0.2, 0.25) is 10.0 Å². The molecule has 0 fully saturated rings. The molecule has 0 saturated carbocycles. The van der Waals surface area contributed by atoms with E-state index in [0.29, 0.717) is 28.1 Å². The minimum atomic E-state index is -0.0442. The summed E-state index contributed by atoms with van der Waals surface area (Å²) in [4.78, 5) is 15.3. The van der Waals surface area contributed by atoms with Crippen molar-refractivity contribution in [1.29, 1.82) is 0 Å². The predicted octanol–water partition coefficient (Wildman–Crippen LogP) is 6.53. The zero-order valence-electron chi connectivity index (χ0n) is 17.0. The van der Waals surface area contributed by atoms with E-state index in [1.807, 2.05) is 29.2 Å². The van der Waals surface area contributed by atoms with Gasteiger partial charge >= 0.3 is 0 Å². The standard InChI is InChI=1S/C24H26Cl2N2O/c1-17(2)18(3)28(24(29)20-11-12-22(25)23(26)14-20)16-21-10-7-13-27(21)15-19-8-5-4-6-9-19/h4-14,17-18H,15-16H2,1-3H3. The third-order valence-corrected chi connectivity index (χ3v) is 6.07. The predicted molar refractivity (Wildman–Crippen MR) is 121 cm³/mol. The molecule has 1 amide bonds. The normalized spacial score (nSPS) is 12.2. The smallest absolute Gasteiger partial charge is 0.254 e. The highest BCUT2D eigenvalue weighted by Gasteiger charge is 2.25. The van der Waals surface area contributed by atoms with Crippen LogP contribution in [0.15, 0.2) is 66.9 Å². The maximum atomic E-state index is 13.4. The van der Waals surface area contributed by atoms with Crippen molar-refractivity contribution < 1.29 is 4.79 Å². The Kier molecular flexibility index (Phi) is 7.05. The highest BCUT2D eigenvalue weighted by molar-refractivity contribution is 6.42. The summed E-state index contributed by atoms with van der Waals surface area (Å²) in [6, 6.07) is 19.5.